The molecule has 2 atom stereocenters. The Morgan fingerprint density at radius 2 is 1.47 bits per heavy atom. The molecule has 2 aliphatic rings. The van der Waals surface area contributed by atoms with Gasteiger partial charge in [-0.2, -0.15) is 8.42 Å². The lowest BCUT2D eigenvalue weighted by Crippen LogP contribution is -2.27. The number of hydrogen-bond acceptors (Lipinski definition) is 5. The fraction of sp³-hybridized carbons (Fsp3) is 0.320. The summed E-state index contributed by atoms with van der Waals surface area (Å²) in [5.74, 6) is 2.78. The van der Waals surface area contributed by atoms with E-state index in [1.807, 2.05) is 19.2 Å². The van der Waals surface area contributed by atoms with Crippen molar-refractivity contribution in [2.75, 3.05) is 38.1 Å². The van der Waals surface area contributed by atoms with Crippen LogP contribution >= 0.6 is 0 Å². The number of likely N-dealkylation sites (tertiary alicyclic amines) is 1. The Labute approximate surface area is 190 Å². The third-order valence-electron chi connectivity index (χ3n) is 6.17. The SMILES string of the molecule is CN1C[C@@H]2CN(c3ccc(-c4ccccc4)cn3)C[C@@H]2C1.Cc1ccc(S(=O)(=O)O)cc1. The van der Waals surface area contributed by atoms with Crippen molar-refractivity contribution >= 4 is 15.9 Å². The predicted octanol–water partition coefficient (Wildman–Crippen LogP) is 3.99. The van der Waals surface area contributed by atoms with Gasteiger partial charge in [0.2, 0.25) is 0 Å². The molecule has 0 amide bonds. The zero-order chi connectivity index (χ0) is 22.7. The minimum absolute atomic E-state index is 0.0666. The fourth-order valence-electron chi connectivity index (χ4n) is 4.50. The number of aromatic nitrogens is 1. The van der Waals surface area contributed by atoms with Crippen LogP contribution < -0.4 is 4.90 Å². The average molecular weight is 452 g/mol. The Kier molecular flexibility index (Phi) is 6.60. The standard InChI is InChI=1S/C18H21N3.C7H8O3S/c1-20-10-16-12-21(13-17(16)11-20)18-8-7-15(9-19-18)14-5-3-2-4-6-14;1-6-2-4-7(5-3-6)11(8,9)10/h2-9,16-17H,10-13H2,1H3;2-5H,1H3,(H,8,9,10)/t16-,17+;. The molecule has 32 heavy (non-hydrogen) atoms. The van der Waals surface area contributed by atoms with Crippen molar-refractivity contribution in [2.45, 2.75) is 11.8 Å². The monoisotopic (exact) mass is 451 g/mol. The Morgan fingerprint density at radius 3 is 2.00 bits per heavy atom. The molecule has 0 radical (unpaired) electrons. The number of pyridine rings is 1. The fourth-order valence-corrected chi connectivity index (χ4v) is 4.98. The highest BCUT2D eigenvalue weighted by Gasteiger charge is 2.38. The van der Waals surface area contributed by atoms with Crippen molar-refractivity contribution in [1.82, 2.24) is 9.88 Å². The van der Waals surface area contributed by atoms with Crippen molar-refractivity contribution in [1.29, 1.82) is 0 Å². The first-order valence-electron chi connectivity index (χ1n) is 10.8. The van der Waals surface area contributed by atoms with Crippen LogP contribution in [-0.2, 0) is 10.1 Å². The topological polar surface area (TPSA) is 73.7 Å². The zero-order valence-electron chi connectivity index (χ0n) is 18.4. The van der Waals surface area contributed by atoms with E-state index in [-0.39, 0.29) is 4.90 Å². The van der Waals surface area contributed by atoms with Gasteiger partial charge in [-0.25, -0.2) is 4.98 Å². The van der Waals surface area contributed by atoms with Gasteiger partial charge in [0.1, 0.15) is 5.82 Å². The van der Waals surface area contributed by atoms with E-state index in [4.69, 9.17) is 9.54 Å². The maximum Gasteiger partial charge on any atom is 0.294 e. The molecule has 3 heterocycles. The van der Waals surface area contributed by atoms with E-state index in [0.717, 1.165) is 36.3 Å². The van der Waals surface area contributed by atoms with Gasteiger partial charge < -0.3 is 9.80 Å². The van der Waals surface area contributed by atoms with Crippen LogP contribution in [0.4, 0.5) is 5.82 Å². The lowest BCUT2D eigenvalue weighted by atomic mass is 10.0. The summed E-state index contributed by atoms with van der Waals surface area (Å²) in [6, 6.07) is 20.8. The van der Waals surface area contributed by atoms with Crippen LogP contribution in [0, 0.1) is 18.8 Å². The molecule has 5 rings (SSSR count). The van der Waals surface area contributed by atoms with Crippen LogP contribution in [-0.4, -0.2) is 56.1 Å². The first-order valence-corrected chi connectivity index (χ1v) is 12.2. The molecule has 2 aromatic carbocycles. The molecule has 2 fully saturated rings. The van der Waals surface area contributed by atoms with Crippen LogP contribution in [0.15, 0.2) is 77.8 Å². The van der Waals surface area contributed by atoms with Gasteiger partial charge in [-0.1, -0.05) is 48.0 Å². The molecule has 3 aromatic rings. The number of anilines is 1. The smallest absolute Gasteiger partial charge is 0.294 e. The van der Waals surface area contributed by atoms with Crippen molar-refractivity contribution in [2.24, 2.45) is 11.8 Å². The van der Waals surface area contributed by atoms with Gasteiger partial charge >= 0.3 is 0 Å². The number of aryl methyl sites for hydroxylation is 1. The lowest BCUT2D eigenvalue weighted by Gasteiger charge is -2.20. The van der Waals surface area contributed by atoms with Crippen LogP contribution in [0.1, 0.15) is 5.56 Å². The average Bonchev–Trinajstić information content (AvgIpc) is 3.32. The minimum Gasteiger partial charge on any atom is -0.356 e. The van der Waals surface area contributed by atoms with E-state index in [2.05, 4.69) is 53.2 Å². The van der Waals surface area contributed by atoms with E-state index in [0.29, 0.717) is 0 Å². The maximum atomic E-state index is 10.5. The molecule has 1 N–H and O–H groups in total. The first-order chi connectivity index (χ1) is 15.3. The molecule has 168 valence electrons. The second-order valence-electron chi connectivity index (χ2n) is 8.71. The van der Waals surface area contributed by atoms with Gasteiger partial charge in [0.05, 0.1) is 4.90 Å². The molecular formula is C25H29N3O3S. The van der Waals surface area contributed by atoms with Crippen molar-refractivity contribution in [3.8, 4) is 11.1 Å². The Balaban J connectivity index is 0.000000189. The van der Waals surface area contributed by atoms with Crippen LogP contribution in [0.3, 0.4) is 0 Å². The van der Waals surface area contributed by atoms with Gasteiger partial charge in [-0.05, 0) is 55.6 Å². The van der Waals surface area contributed by atoms with Crippen LogP contribution in [0.5, 0.6) is 0 Å². The van der Waals surface area contributed by atoms with E-state index >= 15 is 0 Å². The Morgan fingerprint density at radius 1 is 0.844 bits per heavy atom. The normalized spacial score (nSPS) is 20.5. The van der Waals surface area contributed by atoms with Crippen molar-refractivity contribution < 1.29 is 13.0 Å². The zero-order valence-corrected chi connectivity index (χ0v) is 19.2. The van der Waals surface area contributed by atoms with E-state index in [1.165, 1.54) is 36.3 Å². The first kappa shape index (κ1) is 22.5. The summed E-state index contributed by atoms with van der Waals surface area (Å²) in [7, 11) is -1.79. The van der Waals surface area contributed by atoms with Crippen molar-refractivity contribution in [3.63, 3.8) is 0 Å². The summed E-state index contributed by atoms with van der Waals surface area (Å²) in [5, 5.41) is 0. The van der Waals surface area contributed by atoms with E-state index in [9.17, 15) is 8.42 Å². The largest absolute Gasteiger partial charge is 0.356 e. The molecule has 0 bridgehead atoms. The molecule has 1 aromatic heterocycles. The van der Waals surface area contributed by atoms with Gasteiger partial charge in [0.25, 0.3) is 10.1 Å². The minimum atomic E-state index is -4.02. The molecule has 0 unspecified atom stereocenters. The van der Waals surface area contributed by atoms with Crippen LogP contribution in [0.25, 0.3) is 11.1 Å². The molecule has 0 spiro atoms. The molecule has 7 heteroatoms. The molecular weight excluding hydrogens is 422 g/mol. The molecule has 0 saturated carbocycles. The third kappa shape index (κ3) is 5.35. The second kappa shape index (κ2) is 9.40. The highest BCUT2D eigenvalue weighted by molar-refractivity contribution is 7.85. The number of nitrogens with zero attached hydrogens (tertiary/aromatic N) is 3. The molecule has 2 saturated heterocycles. The highest BCUT2D eigenvalue weighted by Crippen LogP contribution is 2.33. The predicted molar refractivity (Wildman–Crippen MR) is 127 cm³/mol. The van der Waals surface area contributed by atoms with E-state index in [1.54, 1.807) is 12.1 Å². The van der Waals surface area contributed by atoms with Crippen LogP contribution in [0.2, 0.25) is 0 Å². The highest BCUT2D eigenvalue weighted by atomic mass is 32.2. The maximum absolute atomic E-state index is 10.5. The summed E-state index contributed by atoms with van der Waals surface area (Å²) in [6.45, 7) is 6.64. The molecule has 0 aliphatic carbocycles. The molecule has 2 aliphatic heterocycles. The van der Waals surface area contributed by atoms with Gasteiger partial charge in [0, 0.05) is 37.9 Å². The summed E-state index contributed by atoms with van der Waals surface area (Å²) in [4.78, 5) is 9.54. The van der Waals surface area contributed by atoms with Crippen molar-refractivity contribution in [3.05, 3.63) is 78.5 Å². The quantitative estimate of drug-likeness (QED) is 0.607. The summed E-state index contributed by atoms with van der Waals surface area (Å²) < 4.78 is 29.6. The van der Waals surface area contributed by atoms with E-state index < -0.39 is 10.1 Å². The van der Waals surface area contributed by atoms with Gasteiger partial charge in [-0.3, -0.25) is 4.55 Å². The van der Waals surface area contributed by atoms with Gasteiger partial charge in [0.15, 0.2) is 0 Å². The number of hydrogen-bond donors (Lipinski definition) is 1. The summed E-state index contributed by atoms with van der Waals surface area (Å²) in [5.41, 5.74) is 3.38. The summed E-state index contributed by atoms with van der Waals surface area (Å²) >= 11 is 0. The van der Waals surface area contributed by atoms with Gasteiger partial charge in [-0.15, -0.1) is 0 Å². The lowest BCUT2D eigenvalue weighted by molar-refractivity contribution is 0.387. The Hall–Kier alpha value is -2.74. The molecule has 6 nitrogen and oxygen atoms in total. The number of benzene rings is 2. The number of fused-ring (bicyclic) bond motifs is 1. The number of rotatable bonds is 3. The third-order valence-corrected chi connectivity index (χ3v) is 7.03. The second-order valence-corrected chi connectivity index (χ2v) is 10.1. The summed E-state index contributed by atoms with van der Waals surface area (Å²) in [6.07, 6.45) is 2.00. The Bertz CT molecular complexity index is 1120.